The SMILES string of the molecule is O=C1C[C@H](c2ccccc2)c2scc(-c3ccc(F)cc3)c2N1. The molecular weight excluding hydrogens is 309 g/mol. The van der Waals surface area contributed by atoms with Crippen molar-refractivity contribution in [3.63, 3.8) is 0 Å². The van der Waals surface area contributed by atoms with Gasteiger partial charge in [-0.2, -0.15) is 0 Å². The highest BCUT2D eigenvalue weighted by atomic mass is 32.1. The number of anilines is 1. The standard InChI is InChI=1S/C19H14FNOS/c20-14-8-6-13(7-9-14)16-11-23-19-15(10-17(22)21-18(16)19)12-4-2-1-3-5-12/h1-9,11,15H,10H2,(H,21,22)/t15-/m1/s1. The molecule has 0 saturated heterocycles. The Balaban J connectivity index is 1.81. The molecule has 0 bridgehead atoms. The Labute approximate surface area is 137 Å². The fraction of sp³-hybridized carbons (Fsp3) is 0.105. The second-order valence-electron chi connectivity index (χ2n) is 5.61. The molecule has 0 radical (unpaired) electrons. The molecule has 2 nitrogen and oxygen atoms in total. The van der Waals surface area contributed by atoms with Crippen molar-refractivity contribution in [2.24, 2.45) is 0 Å². The molecule has 0 saturated carbocycles. The zero-order valence-corrected chi connectivity index (χ0v) is 13.1. The fourth-order valence-corrected chi connectivity index (χ4v) is 4.18. The van der Waals surface area contributed by atoms with Crippen LogP contribution in [0.25, 0.3) is 11.1 Å². The van der Waals surface area contributed by atoms with Crippen molar-refractivity contribution in [3.8, 4) is 11.1 Å². The zero-order chi connectivity index (χ0) is 15.8. The summed E-state index contributed by atoms with van der Waals surface area (Å²) in [5.74, 6) is -0.156. The number of benzene rings is 2. The van der Waals surface area contributed by atoms with Gasteiger partial charge in [0.05, 0.1) is 5.69 Å². The largest absolute Gasteiger partial charge is 0.325 e. The molecule has 4 heteroatoms. The summed E-state index contributed by atoms with van der Waals surface area (Å²) in [6.45, 7) is 0. The smallest absolute Gasteiger partial charge is 0.225 e. The number of fused-ring (bicyclic) bond motifs is 1. The zero-order valence-electron chi connectivity index (χ0n) is 12.3. The molecule has 0 aliphatic carbocycles. The Morgan fingerprint density at radius 2 is 1.78 bits per heavy atom. The highest BCUT2D eigenvalue weighted by molar-refractivity contribution is 7.11. The quantitative estimate of drug-likeness (QED) is 0.704. The van der Waals surface area contributed by atoms with Crippen molar-refractivity contribution < 1.29 is 9.18 Å². The minimum absolute atomic E-state index is 0.0214. The second-order valence-corrected chi connectivity index (χ2v) is 6.52. The summed E-state index contributed by atoms with van der Waals surface area (Å²) >= 11 is 1.65. The van der Waals surface area contributed by atoms with E-state index >= 15 is 0 Å². The second kappa shape index (κ2) is 5.63. The predicted octanol–water partition coefficient (Wildman–Crippen LogP) is 5.03. The maximum Gasteiger partial charge on any atom is 0.225 e. The van der Waals surface area contributed by atoms with E-state index in [4.69, 9.17) is 0 Å². The summed E-state index contributed by atoms with van der Waals surface area (Å²) < 4.78 is 13.1. The molecule has 2 aromatic carbocycles. The van der Waals surface area contributed by atoms with Gasteiger partial charge in [-0.25, -0.2) is 4.39 Å². The first-order valence-electron chi connectivity index (χ1n) is 7.44. The van der Waals surface area contributed by atoms with Crippen LogP contribution >= 0.6 is 11.3 Å². The molecule has 1 aliphatic heterocycles. The molecule has 1 aliphatic rings. The minimum Gasteiger partial charge on any atom is -0.325 e. The lowest BCUT2D eigenvalue weighted by molar-refractivity contribution is -0.116. The summed E-state index contributed by atoms with van der Waals surface area (Å²) in [4.78, 5) is 13.3. The number of hydrogen-bond acceptors (Lipinski definition) is 2. The Morgan fingerprint density at radius 3 is 2.52 bits per heavy atom. The highest BCUT2D eigenvalue weighted by Gasteiger charge is 2.30. The van der Waals surface area contributed by atoms with Crippen LogP contribution in [0, 0.1) is 5.82 Å². The lowest BCUT2D eigenvalue weighted by atomic mass is 9.89. The van der Waals surface area contributed by atoms with Crippen LogP contribution in [0.5, 0.6) is 0 Å². The van der Waals surface area contributed by atoms with Crippen LogP contribution in [-0.2, 0) is 4.79 Å². The van der Waals surface area contributed by atoms with E-state index in [0.29, 0.717) is 6.42 Å². The first-order valence-corrected chi connectivity index (χ1v) is 8.32. The number of halogens is 1. The number of carbonyl (C=O) groups is 1. The summed E-state index contributed by atoms with van der Waals surface area (Å²) in [6.07, 6.45) is 0.459. The van der Waals surface area contributed by atoms with Crippen molar-refractivity contribution in [2.75, 3.05) is 5.32 Å². The number of thiophene rings is 1. The number of amides is 1. The lowest BCUT2D eigenvalue weighted by Gasteiger charge is -2.23. The minimum atomic E-state index is -0.260. The maximum atomic E-state index is 13.1. The van der Waals surface area contributed by atoms with E-state index in [9.17, 15) is 9.18 Å². The molecule has 0 unspecified atom stereocenters. The van der Waals surface area contributed by atoms with Gasteiger partial charge in [0.1, 0.15) is 5.82 Å². The van der Waals surface area contributed by atoms with Gasteiger partial charge in [-0.05, 0) is 23.3 Å². The molecule has 114 valence electrons. The van der Waals surface area contributed by atoms with E-state index in [0.717, 1.165) is 27.3 Å². The molecule has 0 spiro atoms. The van der Waals surface area contributed by atoms with Crippen molar-refractivity contribution >= 4 is 22.9 Å². The first-order chi connectivity index (χ1) is 11.2. The van der Waals surface area contributed by atoms with Crippen LogP contribution in [0.4, 0.5) is 10.1 Å². The van der Waals surface area contributed by atoms with Crippen LogP contribution in [0.3, 0.4) is 0 Å². The molecule has 2 heterocycles. The summed E-state index contributed by atoms with van der Waals surface area (Å²) in [6, 6.07) is 16.5. The third-order valence-electron chi connectivity index (χ3n) is 4.15. The van der Waals surface area contributed by atoms with Gasteiger partial charge in [-0.15, -0.1) is 11.3 Å². The van der Waals surface area contributed by atoms with Crippen LogP contribution in [0.2, 0.25) is 0 Å². The van der Waals surface area contributed by atoms with Gasteiger partial charge in [0.2, 0.25) is 5.91 Å². The number of hydrogen-bond donors (Lipinski definition) is 1. The monoisotopic (exact) mass is 323 g/mol. The van der Waals surface area contributed by atoms with Gasteiger partial charge in [-0.1, -0.05) is 42.5 Å². The van der Waals surface area contributed by atoms with Gasteiger partial charge in [0.15, 0.2) is 0 Å². The van der Waals surface area contributed by atoms with Gasteiger partial charge in [-0.3, -0.25) is 4.79 Å². The van der Waals surface area contributed by atoms with E-state index in [1.807, 2.05) is 23.6 Å². The van der Waals surface area contributed by atoms with Crippen LogP contribution < -0.4 is 5.32 Å². The van der Waals surface area contributed by atoms with E-state index < -0.39 is 0 Å². The van der Waals surface area contributed by atoms with Gasteiger partial charge in [0.25, 0.3) is 0 Å². The molecule has 0 fully saturated rings. The van der Waals surface area contributed by atoms with Crippen molar-refractivity contribution in [3.05, 3.63) is 76.2 Å². The molecule has 1 atom stereocenters. The Hall–Kier alpha value is -2.46. The molecule has 1 amide bonds. The van der Waals surface area contributed by atoms with Crippen LogP contribution in [-0.4, -0.2) is 5.91 Å². The number of rotatable bonds is 2. The number of nitrogens with one attached hydrogen (secondary N) is 1. The van der Waals surface area contributed by atoms with Crippen molar-refractivity contribution in [2.45, 2.75) is 12.3 Å². The number of carbonyl (C=O) groups excluding carboxylic acids is 1. The molecule has 4 rings (SSSR count). The Morgan fingerprint density at radius 1 is 1.04 bits per heavy atom. The summed E-state index contributed by atoms with van der Waals surface area (Å²) in [5.41, 5.74) is 3.89. The van der Waals surface area contributed by atoms with Gasteiger partial charge < -0.3 is 5.32 Å². The predicted molar refractivity (Wildman–Crippen MR) is 91.2 cm³/mol. The van der Waals surface area contributed by atoms with Crippen LogP contribution in [0.1, 0.15) is 22.8 Å². The topological polar surface area (TPSA) is 29.1 Å². The van der Waals surface area contributed by atoms with Crippen LogP contribution in [0.15, 0.2) is 60.0 Å². The average Bonchev–Trinajstić information content (AvgIpc) is 2.99. The summed E-state index contributed by atoms with van der Waals surface area (Å²) in [5, 5.41) is 5.04. The van der Waals surface area contributed by atoms with Gasteiger partial charge >= 0.3 is 0 Å². The lowest BCUT2D eigenvalue weighted by Crippen LogP contribution is -2.22. The Bertz CT molecular complexity index is 855. The Kier molecular flexibility index (Phi) is 3.46. The average molecular weight is 323 g/mol. The molecule has 3 aromatic rings. The normalized spacial score (nSPS) is 16.7. The van der Waals surface area contributed by atoms with Crippen molar-refractivity contribution in [1.82, 2.24) is 0 Å². The summed E-state index contributed by atoms with van der Waals surface area (Å²) in [7, 11) is 0. The maximum absolute atomic E-state index is 13.1. The highest BCUT2D eigenvalue weighted by Crippen LogP contribution is 2.46. The third-order valence-corrected chi connectivity index (χ3v) is 5.24. The van der Waals surface area contributed by atoms with E-state index in [1.165, 1.54) is 12.1 Å². The van der Waals surface area contributed by atoms with E-state index in [-0.39, 0.29) is 17.6 Å². The molecule has 1 aromatic heterocycles. The van der Waals surface area contributed by atoms with Crippen molar-refractivity contribution in [1.29, 1.82) is 0 Å². The molecule has 23 heavy (non-hydrogen) atoms. The van der Waals surface area contributed by atoms with E-state index in [2.05, 4.69) is 17.4 Å². The van der Waals surface area contributed by atoms with Gasteiger partial charge in [0, 0.05) is 28.2 Å². The third kappa shape index (κ3) is 2.55. The first kappa shape index (κ1) is 14.2. The molecule has 1 N–H and O–H groups in total. The molecular formula is C19H14FNOS. The fourth-order valence-electron chi connectivity index (χ4n) is 3.02. The van der Waals surface area contributed by atoms with E-state index in [1.54, 1.807) is 23.5 Å².